The van der Waals surface area contributed by atoms with Gasteiger partial charge in [0.1, 0.15) is 0 Å². The van der Waals surface area contributed by atoms with Crippen LogP contribution in [0.4, 0.5) is 0 Å². The molecule has 0 atom stereocenters. The van der Waals surface area contributed by atoms with Crippen molar-refractivity contribution in [2.24, 2.45) is 0 Å². The lowest BCUT2D eigenvalue weighted by Crippen LogP contribution is -2.36. The second-order valence-corrected chi connectivity index (χ2v) is 1.99. The molecule has 4 nitrogen and oxygen atoms in total. The van der Waals surface area contributed by atoms with Gasteiger partial charge in [0.25, 0.3) is 0 Å². The van der Waals surface area contributed by atoms with Crippen LogP contribution in [0.2, 0.25) is 0 Å². The van der Waals surface area contributed by atoms with Crippen LogP contribution in [0.15, 0.2) is 0 Å². The molecule has 0 N–H and O–H groups in total. The highest BCUT2D eigenvalue weighted by Gasteiger charge is 2.15. The average Bonchev–Trinajstić information content (AvgIpc) is 1.63. The van der Waals surface area contributed by atoms with Crippen LogP contribution < -0.4 is 9.32 Å². The zero-order chi connectivity index (χ0) is 7.28. The van der Waals surface area contributed by atoms with E-state index >= 15 is 0 Å². The minimum atomic E-state index is -2.45. The maximum Gasteiger partial charge on any atom is 0.422 e. The summed E-state index contributed by atoms with van der Waals surface area (Å²) in [7, 11) is -2.45. The minimum absolute atomic E-state index is 0.0596. The Morgan fingerprint density at radius 1 is 1.67 bits per heavy atom. The van der Waals surface area contributed by atoms with Crippen LogP contribution in [0.3, 0.4) is 0 Å². The fourth-order valence-electron chi connectivity index (χ4n) is 0.186. The van der Waals surface area contributed by atoms with Crippen molar-refractivity contribution in [2.75, 3.05) is 5.88 Å². The standard InChI is InChI=1S/C3H4Cl2O4/c4-2-1-3(6)9-5(7)8/h1-2H2. The van der Waals surface area contributed by atoms with Gasteiger partial charge >= 0.3 is 16.8 Å². The van der Waals surface area contributed by atoms with Crippen LogP contribution >= 0.6 is 11.6 Å². The van der Waals surface area contributed by atoms with Crippen LogP contribution in [0.1, 0.15) is 6.42 Å². The lowest BCUT2D eigenvalue weighted by atomic mass is 10.5. The second-order valence-electron chi connectivity index (χ2n) is 1.08. The van der Waals surface area contributed by atoms with Crippen LogP contribution in [-0.2, 0) is 9.08 Å². The molecule has 0 rings (SSSR count). The van der Waals surface area contributed by atoms with E-state index in [2.05, 4.69) is 4.29 Å². The van der Waals surface area contributed by atoms with Crippen molar-refractivity contribution in [3.63, 3.8) is 0 Å². The summed E-state index contributed by atoms with van der Waals surface area (Å²) in [5.74, 6) is -0.792. The van der Waals surface area contributed by atoms with Crippen molar-refractivity contribution in [1.82, 2.24) is 0 Å². The Balaban J connectivity index is 3.27. The fraction of sp³-hybridized carbons (Fsp3) is 0.667. The molecule has 54 valence electrons. The molecule has 0 aliphatic heterocycles. The SMILES string of the molecule is O=C(CCCl)O[Cl+2]([O-])[O-]. The van der Waals surface area contributed by atoms with E-state index in [9.17, 15) is 14.1 Å². The summed E-state index contributed by atoms with van der Waals surface area (Å²) >= 11 is 5.07. The first-order chi connectivity index (χ1) is 4.16. The number of halogens is 2. The van der Waals surface area contributed by atoms with Crippen molar-refractivity contribution < 1.29 is 29.2 Å². The van der Waals surface area contributed by atoms with Gasteiger partial charge in [-0.25, -0.2) is 4.79 Å². The first-order valence-corrected chi connectivity index (χ1v) is 3.45. The molecular formula is C3H4Cl2O4. The molecule has 0 aromatic heterocycles. The van der Waals surface area contributed by atoms with Gasteiger partial charge in [-0.05, 0) is 0 Å². The van der Waals surface area contributed by atoms with E-state index < -0.39 is 16.8 Å². The smallest absolute Gasteiger partial charge is 0.307 e. The van der Waals surface area contributed by atoms with Crippen molar-refractivity contribution in [3.05, 3.63) is 0 Å². The summed E-state index contributed by atoms with van der Waals surface area (Å²) in [6.45, 7) is 0. The number of rotatable bonds is 3. The van der Waals surface area contributed by atoms with E-state index in [1.54, 1.807) is 0 Å². The third-order valence-corrected chi connectivity index (χ3v) is 0.935. The number of carbonyl (C=O) groups is 1. The summed E-state index contributed by atoms with van der Waals surface area (Å²) in [6, 6.07) is 0. The lowest BCUT2D eigenvalue weighted by molar-refractivity contribution is -1.62. The molecule has 0 saturated carbocycles. The van der Waals surface area contributed by atoms with Crippen LogP contribution in [-0.4, -0.2) is 11.8 Å². The lowest BCUT2D eigenvalue weighted by Gasteiger charge is -1.90. The quantitative estimate of drug-likeness (QED) is 0.476. The largest absolute Gasteiger partial charge is 0.422 e. The van der Waals surface area contributed by atoms with Crippen molar-refractivity contribution in [3.8, 4) is 0 Å². The van der Waals surface area contributed by atoms with Gasteiger partial charge in [0.2, 0.25) is 0 Å². The Kier molecular flexibility index (Phi) is 4.80. The van der Waals surface area contributed by atoms with Gasteiger partial charge in [-0.1, -0.05) is 4.29 Å². The molecule has 0 aliphatic carbocycles. The Morgan fingerprint density at radius 2 is 2.22 bits per heavy atom. The Morgan fingerprint density at radius 3 is 2.56 bits per heavy atom. The second kappa shape index (κ2) is 4.81. The normalized spacial score (nSPS) is 9.78. The Labute approximate surface area is 59.8 Å². The van der Waals surface area contributed by atoms with Crippen molar-refractivity contribution in [1.29, 1.82) is 0 Å². The zero-order valence-electron chi connectivity index (χ0n) is 4.30. The van der Waals surface area contributed by atoms with Gasteiger partial charge in [-0.15, -0.1) is 11.6 Å². The zero-order valence-corrected chi connectivity index (χ0v) is 5.81. The summed E-state index contributed by atoms with van der Waals surface area (Å²) in [4.78, 5) is 10.1. The number of carbonyl (C=O) groups excluding carboxylic acids is 1. The van der Waals surface area contributed by atoms with Gasteiger partial charge in [0.15, 0.2) is 0 Å². The summed E-state index contributed by atoms with van der Waals surface area (Å²) in [6.07, 6.45) is -0.0970. The van der Waals surface area contributed by atoms with E-state index in [0.717, 1.165) is 0 Å². The number of hydrogen-bond donors (Lipinski definition) is 0. The molecule has 0 aromatic rings. The van der Waals surface area contributed by atoms with E-state index in [1.807, 2.05) is 0 Å². The highest BCUT2D eigenvalue weighted by Crippen LogP contribution is 1.89. The third-order valence-electron chi connectivity index (χ3n) is 0.448. The fourth-order valence-corrected chi connectivity index (χ4v) is 0.558. The van der Waals surface area contributed by atoms with E-state index in [4.69, 9.17) is 11.6 Å². The van der Waals surface area contributed by atoms with E-state index in [-0.39, 0.29) is 12.3 Å². The molecular weight excluding hydrogens is 171 g/mol. The highest BCUT2D eigenvalue weighted by molar-refractivity contribution is 6.18. The molecule has 0 amide bonds. The molecule has 0 bridgehead atoms. The molecule has 9 heavy (non-hydrogen) atoms. The number of alkyl halides is 1. The monoisotopic (exact) mass is 174 g/mol. The molecule has 0 unspecified atom stereocenters. The Hall–Kier alpha value is -0.0300. The molecule has 0 spiro atoms. The highest BCUT2D eigenvalue weighted by atomic mass is 35.6. The van der Waals surface area contributed by atoms with Gasteiger partial charge in [-0.2, -0.15) is 0 Å². The molecule has 0 fully saturated rings. The maximum atomic E-state index is 10.1. The first kappa shape index (κ1) is 8.97. The summed E-state index contributed by atoms with van der Waals surface area (Å²) < 4.78 is 22.8. The van der Waals surface area contributed by atoms with E-state index in [1.165, 1.54) is 0 Å². The average molecular weight is 175 g/mol. The van der Waals surface area contributed by atoms with Gasteiger partial charge in [0, 0.05) is 5.88 Å². The van der Waals surface area contributed by atoms with Gasteiger partial charge < -0.3 is 9.32 Å². The van der Waals surface area contributed by atoms with Gasteiger partial charge in [-0.3, -0.25) is 0 Å². The van der Waals surface area contributed by atoms with Crippen LogP contribution in [0.25, 0.3) is 0 Å². The third kappa shape index (κ3) is 5.85. The van der Waals surface area contributed by atoms with Crippen molar-refractivity contribution in [2.45, 2.75) is 6.42 Å². The molecule has 6 heteroatoms. The first-order valence-electron chi connectivity index (χ1n) is 1.99. The summed E-state index contributed by atoms with van der Waals surface area (Å²) in [5.41, 5.74) is 0. The van der Waals surface area contributed by atoms with Crippen molar-refractivity contribution >= 4 is 17.6 Å². The maximum absolute atomic E-state index is 10.1. The molecule has 0 aromatic carbocycles. The molecule has 0 aliphatic rings. The minimum Gasteiger partial charge on any atom is -0.307 e. The predicted octanol–water partition coefficient (Wildman–Crippen LogP) is -1.76. The molecule has 0 radical (unpaired) electrons. The topological polar surface area (TPSA) is 72.4 Å². The number of hydrogen-bond acceptors (Lipinski definition) is 4. The summed E-state index contributed by atoms with van der Waals surface area (Å²) in [5, 5.41) is 0. The van der Waals surface area contributed by atoms with E-state index in [0.29, 0.717) is 0 Å². The predicted molar refractivity (Wildman–Crippen MR) is 21.4 cm³/mol. The molecule has 0 saturated heterocycles. The van der Waals surface area contributed by atoms with Crippen LogP contribution in [0.5, 0.6) is 0 Å². The Bertz CT molecular complexity index is 93.8. The van der Waals surface area contributed by atoms with Crippen LogP contribution in [0, 0.1) is 10.8 Å². The van der Waals surface area contributed by atoms with Gasteiger partial charge in [0.05, 0.1) is 6.42 Å². The molecule has 0 heterocycles.